The van der Waals surface area contributed by atoms with Crippen LogP contribution in [0, 0.1) is 11.8 Å². The number of hydrogen-bond acceptors (Lipinski definition) is 2. The monoisotopic (exact) mass is 339 g/mol. The molecule has 2 saturated carbocycles. The molecule has 128 valence electrons. The van der Waals surface area contributed by atoms with Crippen molar-refractivity contribution < 1.29 is 0 Å². The van der Waals surface area contributed by atoms with Crippen LogP contribution in [0.15, 0.2) is 47.8 Å². The zero-order valence-corrected chi connectivity index (χ0v) is 15.8. The first kappa shape index (κ1) is 16.4. The van der Waals surface area contributed by atoms with Gasteiger partial charge in [-0.15, -0.1) is 11.3 Å². The summed E-state index contributed by atoms with van der Waals surface area (Å²) in [5.74, 6) is 2.61. The number of hydrogen-bond donors (Lipinski definition) is 0. The number of benzene rings is 1. The molecule has 0 bridgehead atoms. The van der Waals surface area contributed by atoms with Crippen molar-refractivity contribution in [3.63, 3.8) is 0 Å². The van der Waals surface area contributed by atoms with Crippen LogP contribution in [0.3, 0.4) is 0 Å². The van der Waals surface area contributed by atoms with Crippen molar-refractivity contribution in [2.45, 2.75) is 50.5 Å². The summed E-state index contributed by atoms with van der Waals surface area (Å²) in [6, 6.07) is 15.8. The molecular formula is C22H29NS. The van der Waals surface area contributed by atoms with Crippen LogP contribution in [0.1, 0.15) is 55.4 Å². The normalized spacial score (nSPS) is 25.6. The zero-order valence-electron chi connectivity index (χ0n) is 14.9. The lowest BCUT2D eigenvalue weighted by Crippen LogP contribution is -2.45. The molecule has 2 fully saturated rings. The minimum Gasteiger partial charge on any atom is -0.296 e. The lowest BCUT2D eigenvalue weighted by atomic mass is 9.80. The Morgan fingerprint density at radius 1 is 1.12 bits per heavy atom. The van der Waals surface area contributed by atoms with E-state index in [0.29, 0.717) is 0 Å². The molecule has 1 aromatic carbocycles. The van der Waals surface area contributed by atoms with Gasteiger partial charge < -0.3 is 0 Å². The predicted molar refractivity (Wildman–Crippen MR) is 104 cm³/mol. The molecule has 0 N–H and O–H groups in total. The quantitative estimate of drug-likeness (QED) is 0.579. The minimum absolute atomic E-state index is 0.209. The maximum absolute atomic E-state index is 2.70. The molecular weight excluding hydrogens is 310 g/mol. The van der Waals surface area contributed by atoms with Gasteiger partial charge in [0.1, 0.15) is 0 Å². The second-order valence-electron chi connectivity index (χ2n) is 7.90. The molecule has 0 amide bonds. The van der Waals surface area contributed by atoms with E-state index in [4.69, 9.17) is 0 Å². The highest BCUT2D eigenvalue weighted by molar-refractivity contribution is 7.10. The Bertz CT molecular complexity index is 646. The Kier molecular flexibility index (Phi) is 4.53. The molecule has 2 heteroatoms. The maximum atomic E-state index is 2.70. The van der Waals surface area contributed by atoms with Gasteiger partial charge >= 0.3 is 0 Å². The summed E-state index contributed by atoms with van der Waals surface area (Å²) in [6.07, 6.45) is 6.75. The lowest BCUT2D eigenvalue weighted by molar-refractivity contribution is 0.0883. The third-order valence-electron chi connectivity index (χ3n) is 6.29. The maximum Gasteiger partial charge on any atom is 0.0457 e. The first-order valence-electron chi connectivity index (χ1n) is 9.53. The standard InChI is InChI=1S/C22H29NS/c1-3-22(19-8-5-4-6-9-19,23(2)16-17-11-12-17)15-18-14-20(18)21-10-7-13-24-21/h4-10,13,17-18,20H,3,11-12,14-16H2,1-2H3. The van der Waals surface area contributed by atoms with Gasteiger partial charge in [0, 0.05) is 17.0 Å². The highest BCUT2D eigenvalue weighted by Gasteiger charge is 2.47. The van der Waals surface area contributed by atoms with Crippen molar-refractivity contribution in [2.24, 2.45) is 11.8 Å². The van der Waals surface area contributed by atoms with E-state index >= 15 is 0 Å². The molecule has 1 aromatic heterocycles. The van der Waals surface area contributed by atoms with Crippen LogP contribution < -0.4 is 0 Å². The van der Waals surface area contributed by atoms with E-state index in [1.54, 1.807) is 4.88 Å². The molecule has 1 nitrogen and oxygen atoms in total. The van der Waals surface area contributed by atoms with Crippen molar-refractivity contribution in [3.8, 4) is 0 Å². The highest BCUT2D eigenvalue weighted by atomic mass is 32.1. The van der Waals surface area contributed by atoms with Crippen molar-refractivity contribution in [2.75, 3.05) is 13.6 Å². The molecule has 2 aliphatic carbocycles. The van der Waals surface area contributed by atoms with Gasteiger partial charge in [-0.2, -0.15) is 0 Å². The van der Waals surface area contributed by atoms with E-state index in [-0.39, 0.29) is 5.54 Å². The molecule has 0 saturated heterocycles. The van der Waals surface area contributed by atoms with Gasteiger partial charge in [-0.1, -0.05) is 43.3 Å². The fourth-order valence-electron chi connectivity index (χ4n) is 4.48. The summed E-state index contributed by atoms with van der Waals surface area (Å²) in [4.78, 5) is 4.30. The van der Waals surface area contributed by atoms with Gasteiger partial charge in [0.05, 0.1) is 0 Å². The van der Waals surface area contributed by atoms with Crippen LogP contribution in [-0.2, 0) is 5.54 Å². The molecule has 0 radical (unpaired) electrons. The predicted octanol–water partition coefficient (Wildman–Crippen LogP) is 5.89. The molecule has 2 aromatic rings. The van der Waals surface area contributed by atoms with Crippen molar-refractivity contribution >= 4 is 11.3 Å². The molecule has 0 aliphatic heterocycles. The van der Waals surface area contributed by atoms with E-state index < -0.39 is 0 Å². The third-order valence-corrected chi connectivity index (χ3v) is 7.29. The summed E-state index contributed by atoms with van der Waals surface area (Å²) in [7, 11) is 2.37. The molecule has 3 atom stereocenters. The third kappa shape index (κ3) is 3.19. The second kappa shape index (κ2) is 6.65. The Morgan fingerprint density at radius 3 is 2.54 bits per heavy atom. The molecule has 0 spiro atoms. The van der Waals surface area contributed by atoms with Crippen LogP contribution in [0.4, 0.5) is 0 Å². The lowest BCUT2D eigenvalue weighted by Gasteiger charge is -2.43. The number of thiophene rings is 1. The van der Waals surface area contributed by atoms with E-state index in [1.165, 1.54) is 44.2 Å². The van der Waals surface area contributed by atoms with Gasteiger partial charge in [0.25, 0.3) is 0 Å². The van der Waals surface area contributed by atoms with Crippen LogP contribution in [0.2, 0.25) is 0 Å². The SMILES string of the molecule is CCC(CC1CC1c1cccs1)(c1ccccc1)N(C)CC1CC1. The van der Waals surface area contributed by atoms with Crippen molar-refractivity contribution in [1.29, 1.82) is 0 Å². The number of nitrogens with zero attached hydrogens (tertiary/aromatic N) is 1. The first-order valence-corrected chi connectivity index (χ1v) is 10.4. The summed E-state index contributed by atoms with van der Waals surface area (Å²) < 4.78 is 0. The van der Waals surface area contributed by atoms with Gasteiger partial charge in [0.2, 0.25) is 0 Å². The van der Waals surface area contributed by atoms with Gasteiger partial charge in [-0.25, -0.2) is 0 Å². The van der Waals surface area contributed by atoms with E-state index in [0.717, 1.165) is 17.8 Å². The van der Waals surface area contributed by atoms with Crippen LogP contribution in [-0.4, -0.2) is 18.5 Å². The fourth-order valence-corrected chi connectivity index (χ4v) is 5.42. The summed E-state index contributed by atoms with van der Waals surface area (Å²) in [6.45, 7) is 3.65. The zero-order chi connectivity index (χ0) is 16.6. The van der Waals surface area contributed by atoms with Crippen LogP contribution in [0.5, 0.6) is 0 Å². The average molecular weight is 340 g/mol. The first-order chi connectivity index (χ1) is 11.7. The van der Waals surface area contributed by atoms with Crippen molar-refractivity contribution in [1.82, 2.24) is 4.90 Å². The molecule has 4 rings (SSSR count). The van der Waals surface area contributed by atoms with Crippen LogP contribution in [0.25, 0.3) is 0 Å². The molecule has 24 heavy (non-hydrogen) atoms. The van der Waals surface area contributed by atoms with Gasteiger partial charge in [0.15, 0.2) is 0 Å². The second-order valence-corrected chi connectivity index (χ2v) is 8.88. The average Bonchev–Trinajstić information content (AvgIpc) is 3.53. The Morgan fingerprint density at radius 2 is 1.92 bits per heavy atom. The summed E-state index contributed by atoms with van der Waals surface area (Å²) in [5.41, 5.74) is 1.73. The van der Waals surface area contributed by atoms with Crippen LogP contribution >= 0.6 is 11.3 Å². The summed E-state index contributed by atoms with van der Waals surface area (Å²) >= 11 is 1.94. The van der Waals surface area contributed by atoms with E-state index in [2.05, 4.69) is 66.7 Å². The Hall–Kier alpha value is -1.12. The largest absolute Gasteiger partial charge is 0.296 e. The van der Waals surface area contributed by atoms with E-state index in [9.17, 15) is 0 Å². The highest BCUT2D eigenvalue weighted by Crippen LogP contribution is 2.56. The minimum atomic E-state index is 0.209. The van der Waals surface area contributed by atoms with Crippen molar-refractivity contribution in [3.05, 3.63) is 58.3 Å². The topological polar surface area (TPSA) is 3.24 Å². The molecule has 3 unspecified atom stereocenters. The van der Waals surface area contributed by atoms with Gasteiger partial charge in [-0.3, -0.25) is 4.90 Å². The summed E-state index contributed by atoms with van der Waals surface area (Å²) in [5, 5.41) is 2.23. The van der Waals surface area contributed by atoms with E-state index in [1.807, 2.05) is 11.3 Å². The van der Waals surface area contributed by atoms with Gasteiger partial charge in [-0.05, 0) is 73.9 Å². The smallest absolute Gasteiger partial charge is 0.0457 e. The molecule has 2 aliphatic rings. The number of rotatable bonds is 8. The Balaban J connectivity index is 1.57. The molecule has 1 heterocycles. The Labute approximate surface area is 150 Å². The fraction of sp³-hybridized carbons (Fsp3) is 0.545.